The molecule has 0 bridgehead atoms. The van der Waals surface area contributed by atoms with E-state index < -0.39 is 33.2 Å². The Morgan fingerprint density at radius 2 is 1.81 bits per heavy atom. The first-order chi connectivity index (χ1) is 14.7. The zero-order valence-electron chi connectivity index (χ0n) is 17.1. The van der Waals surface area contributed by atoms with Crippen LogP contribution in [0.3, 0.4) is 0 Å². The molecule has 10 heteroatoms. The summed E-state index contributed by atoms with van der Waals surface area (Å²) in [4.78, 5) is 23.3. The van der Waals surface area contributed by atoms with Crippen molar-refractivity contribution in [2.45, 2.75) is 50.0 Å². The summed E-state index contributed by atoms with van der Waals surface area (Å²) in [5.74, 6) is -1.15. The summed E-state index contributed by atoms with van der Waals surface area (Å²) in [5.41, 5.74) is 0.398. The van der Waals surface area contributed by atoms with E-state index in [1.807, 2.05) is 0 Å². The maximum atomic E-state index is 13.3. The molecule has 166 valence electrons. The fourth-order valence-corrected chi connectivity index (χ4v) is 5.45. The van der Waals surface area contributed by atoms with E-state index in [1.54, 1.807) is 0 Å². The SMILES string of the molecule is Cc1c(NC(=O)CN(C2CCCCC2)S(=O)(=O)c2ccc(F)cc2)cccc1[N+](=O)[O-]. The summed E-state index contributed by atoms with van der Waals surface area (Å²) >= 11 is 0. The molecule has 1 aliphatic carbocycles. The topological polar surface area (TPSA) is 110 Å². The summed E-state index contributed by atoms with van der Waals surface area (Å²) in [7, 11) is -4.04. The number of rotatable bonds is 7. The van der Waals surface area contributed by atoms with Crippen molar-refractivity contribution in [3.05, 3.63) is 64.0 Å². The largest absolute Gasteiger partial charge is 0.324 e. The number of hydrogen-bond donors (Lipinski definition) is 1. The second-order valence-corrected chi connectivity index (χ2v) is 9.44. The molecule has 31 heavy (non-hydrogen) atoms. The van der Waals surface area contributed by atoms with Gasteiger partial charge in [0.25, 0.3) is 5.69 Å². The first kappa shape index (κ1) is 22.8. The van der Waals surface area contributed by atoms with Gasteiger partial charge in [-0.2, -0.15) is 4.31 Å². The summed E-state index contributed by atoms with van der Waals surface area (Å²) in [6, 6.07) is 8.47. The maximum Gasteiger partial charge on any atom is 0.274 e. The molecule has 0 heterocycles. The highest BCUT2D eigenvalue weighted by atomic mass is 32.2. The number of amides is 1. The van der Waals surface area contributed by atoms with Gasteiger partial charge in [-0.15, -0.1) is 0 Å². The molecule has 8 nitrogen and oxygen atoms in total. The molecule has 1 N–H and O–H groups in total. The second-order valence-electron chi connectivity index (χ2n) is 7.55. The number of nitrogens with one attached hydrogen (secondary N) is 1. The molecule has 2 aromatic carbocycles. The zero-order chi connectivity index (χ0) is 22.6. The molecular formula is C21H24FN3O5S. The fraction of sp³-hybridized carbons (Fsp3) is 0.381. The van der Waals surface area contributed by atoms with Gasteiger partial charge in [0.2, 0.25) is 15.9 Å². The molecule has 0 unspecified atom stereocenters. The molecule has 1 saturated carbocycles. The Hall–Kier alpha value is -2.85. The van der Waals surface area contributed by atoms with Crippen molar-refractivity contribution in [3.63, 3.8) is 0 Å². The number of hydrogen-bond acceptors (Lipinski definition) is 5. The number of nitro benzene ring substituents is 1. The van der Waals surface area contributed by atoms with E-state index in [4.69, 9.17) is 0 Å². The van der Waals surface area contributed by atoms with Gasteiger partial charge in [0.1, 0.15) is 5.82 Å². The van der Waals surface area contributed by atoms with Crippen molar-refractivity contribution in [1.29, 1.82) is 0 Å². The number of nitro groups is 1. The number of sulfonamides is 1. The monoisotopic (exact) mass is 449 g/mol. The van der Waals surface area contributed by atoms with Gasteiger partial charge in [-0.25, -0.2) is 12.8 Å². The van der Waals surface area contributed by atoms with Gasteiger partial charge in [-0.3, -0.25) is 14.9 Å². The van der Waals surface area contributed by atoms with Crippen molar-refractivity contribution in [3.8, 4) is 0 Å². The van der Waals surface area contributed by atoms with Gasteiger partial charge in [0.15, 0.2) is 0 Å². The number of halogens is 1. The summed E-state index contributed by atoms with van der Waals surface area (Å²) < 4.78 is 41.0. The Morgan fingerprint density at radius 1 is 1.16 bits per heavy atom. The summed E-state index contributed by atoms with van der Waals surface area (Å²) in [5, 5.41) is 13.7. The standard InChI is InChI=1S/C21H24FN3O5S/c1-15-19(8-5-9-20(15)25(27)28)23-21(26)14-24(17-6-3-2-4-7-17)31(29,30)18-12-10-16(22)11-13-18/h5,8-13,17H,2-4,6-7,14H2,1H3,(H,23,26). The molecule has 1 aliphatic rings. The van der Waals surface area contributed by atoms with Crippen molar-refractivity contribution in [2.24, 2.45) is 0 Å². The van der Waals surface area contributed by atoms with E-state index in [2.05, 4.69) is 5.32 Å². The quantitative estimate of drug-likeness (QED) is 0.507. The fourth-order valence-electron chi connectivity index (χ4n) is 3.81. The number of benzene rings is 2. The van der Waals surface area contributed by atoms with Gasteiger partial charge in [0.05, 0.1) is 27.6 Å². The smallest absolute Gasteiger partial charge is 0.274 e. The zero-order valence-corrected chi connectivity index (χ0v) is 17.9. The molecule has 0 saturated heterocycles. The molecule has 0 atom stereocenters. The van der Waals surface area contributed by atoms with Crippen molar-refractivity contribution in [1.82, 2.24) is 4.31 Å². The Labute approximate surface area is 180 Å². The number of anilines is 1. The van der Waals surface area contributed by atoms with Crippen LogP contribution in [0.5, 0.6) is 0 Å². The molecule has 0 aliphatic heterocycles. The van der Waals surface area contributed by atoms with Gasteiger partial charge < -0.3 is 5.32 Å². The summed E-state index contributed by atoms with van der Waals surface area (Å²) in [6.45, 7) is 1.08. The van der Waals surface area contributed by atoms with E-state index in [0.717, 1.165) is 31.4 Å². The van der Waals surface area contributed by atoms with Crippen LogP contribution < -0.4 is 5.32 Å². The minimum atomic E-state index is -4.04. The van der Waals surface area contributed by atoms with Crippen molar-refractivity contribution in [2.75, 3.05) is 11.9 Å². The van der Waals surface area contributed by atoms with Crippen LogP contribution in [-0.2, 0) is 14.8 Å². The average molecular weight is 450 g/mol. The first-order valence-electron chi connectivity index (χ1n) is 10.0. The molecule has 1 amide bonds. The molecule has 3 rings (SSSR count). The molecule has 0 spiro atoms. The Kier molecular flexibility index (Phi) is 7.01. The number of nitrogens with zero attached hydrogens (tertiary/aromatic N) is 2. The minimum Gasteiger partial charge on any atom is -0.324 e. The Morgan fingerprint density at radius 3 is 2.42 bits per heavy atom. The van der Waals surface area contributed by atoms with E-state index in [1.165, 1.54) is 41.6 Å². The van der Waals surface area contributed by atoms with Crippen molar-refractivity contribution < 1.29 is 22.5 Å². The molecular weight excluding hydrogens is 425 g/mol. The third kappa shape index (κ3) is 5.26. The van der Waals surface area contributed by atoms with Gasteiger partial charge >= 0.3 is 0 Å². The van der Waals surface area contributed by atoms with Crippen LogP contribution >= 0.6 is 0 Å². The van der Waals surface area contributed by atoms with Crippen LogP contribution in [0.4, 0.5) is 15.8 Å². The average Bonchev–Trinajstić information content (AvgIpc) is 2.74. The molecule has 2 aromatic rings. The lowest BCUT2D eigenvalue weighted by molar-refractivity contribution is -0.385. The van der Waals surface area contributed by atoms with Crippen LogP contribution in [0.1, 0.15) is 37.7 Å². The second kappa shape index (κ2) is 9.52. The lowest BCUT2D eigenvalue weighted by atomic mass is 9.95. The normalized spacial score (nSPS) is 15.1. The van der Waals surface area contributed by atoms with Crippen LogP contribution in [-0.4, -0.2) is 36.1 Å². The van der Waals surface area contributed by atoms with Gasteiger partial charge in [0, 0.05) is 12.1 Å². The third-order valence-corrected chi connectivity index (χ3v) is 7.39. The summed E-state index contributed by atoms with van der Waals surface area (Å²) in [6.07, 6.45) is 3.96. The predicted molar refractivity (Wildman–Crippen MR) is 114 cm³/mol. The Bertz CT molecular complexity index is 1070. The van der Waals surface area contributed by atoms with E-state index in [9.17, 15) is 27.7 Å². The van der Waals surface area contributed by atoms with Gasteiger partial charge in [-0.05, 0) is 50.1 Å². The maximum absolute atomic E-state index is 13.3. The molecule has 0 radical (unpaired) electrons. The molecule has 0 aromatic heterocycles. The van der Waals surface area contributed by atoms with Crippen LogP contribution in [0.15, 0.2) is 47.4 Å². The van der Waals surface area contributed by atoms with Crippen LogP contribution in [0, 0.1) is 22.9 Å². The van der Waals surface area contributed by atoms with E-state index >= 15 is 0 Å². The van der Waals surface area contributed by atoms with Crippen molar-refractivity contribution >= 4 is 27.3 Å². The van der Waals surface area contributed by atoms with Crippen LogP contribution in [0.2, 0.25) is 0 Å². The number of carbonyl (C=O) groups excluding carboxylic acids is 1. The van der Waals surface area contributed by atoms with E-state index in [-0.39, 0.29) is 27.9 Å². The first-order valence-corrected chi connectivity index (χ1v) is 11.5. The lowest BCUT2D eigenvalue weighted by Gasteiger charge is -2.33. The number of carbonyl (C=O) groups is 1. The van der Waals surface area contributed by atoms with E-state index in [0.29, 0.717) is 12.8 Å². The predicted octanol–water partition coefficient (Wildman–Crippen LogP) is 4.00. The third-order valence-electron chi connectivity index (χ3n) is 5.48. The molecule has 1 fully saturated rings. The Balaban J connectivity index is 1.87. The lowest BCUT2D eigenvalue weighted by Crippen LogP contribution is -2.45. The minimum absolute atomic E-state index is 0.0844. The highest BCUT2D eigenvalue weighted by molar-refractivity contribution is 7.89. The highest BCUT2D eigenvalue weighted by Gasteiger charge is 2.34. The highest BCUT2D eigenvalue weighted by Crippen LogP contribution is 2.29. The van der Waals surface area contributed by atoms with Crippen LogP contribution in [0.25, 0.3) is 0 Å². The van der Waals surface area contributed by atoms with Gasteiger partial charge in [-0.1, -0.05) is 25.3 Å².